The average Bonchev–Trinajstić information content (AvgIpc) is 2.52. The van der Waals surface area contributed by atoms with Gasteiger partial charge in [-0.25, -0.2) is 0 Å². The molecule has 0 spiro atoms. The maximum atomic E-state index is 11.4. The molecule has 0 radical (unpaired) electrons. The van der Waals surface area contributed by atoms with Crippen LogP contribution >= 0.6 is 0 Å². The summed E-state index contributed by atoms with van der Waals surface area (Å²) in [7, 11) is 0. The molecule has 3 rings (SSSR count). The molecule has 0 aliphatic rings. The van der Waals surface area contributed by atoms with Gasteiger partial charge >= 0.3 is 0 Å². The third-order valence-corrected chi connectivity index (χ3v) is 3.41. The lowest BCUT2D eigenvalue weighted by Gasteiger charge is -2.12. The summed E-state index contributed by atoms with van der Waals surface area (Å²) < 4.78 is 0. The fourth-order valence-corrected chi connectivity index (χ4v) is 2.24. The van der Waals surface area contributed by atoms with Crippen molar-refractivity contribution < 1.29 is 0 Å². The van der Waals surface area contributed by atoms with E-state index in [1.54, 1.807) is 12.4 Å². The Bertz CT molecular complexity index is 893. The van der Waals surface area contributed by atoms with Crippen molar-refractivity contribution in [1.82, 2.24) is 4.98 Å². The van der Waals surface area contributed by atoms with Crippen LogP contribution in [0.1, 0.15) is 5.56 Å². The number of aromatic nitrogens is 1. The fraction of sp³-hybridized carbons (Fsp3) is 0.0625. The second-order valence-corrected chi connectivity index (χ2v) is 4.84. The van der Waals surface area contributed by atoms with E-state index in [-0.39, 0.29) is 11.4 Å². The number of nitrogens with one attached hydrogen (secondary N) is 1. The summed E-state index contributed by atoms with van der Waals surface area (Å²) in [5.41, 5.74) is 8.31. The first-order valence-electron chi connectivity index (χ1n) is 6.45. The van der Waals surface area contributed by atoms with Gasteiger partial charge in [0.15, 0.2) is 0 Å². The van der Waals surface area contributed by atoms with Gasteiger partial charge in [0.1, 0.15) is 11.4 Å². The van der Waals surface area contributed by atoms with Gasteiger partial charge in [0.25, 0.3) is 10.9 Å². The second kappa shape index (κ2) is 4.86. The lowest BCUT2D eigenvalue weighted by Crippen LogP contribution is -2.36. The molecule has 104 valence electrons. The Kier molecular flexibility index (Phi) is 3.02. The van der Waals surface area contributed by atoms with Crippen molar-refractivity contribution in [2.24, 2.45) is 0 Å². The number of anilines is 3. The van der Waals surface area contributed by atoms with Crippen LogP contribution < -0.4 is 21.9 Å². The molecule has 0 saturated carbocycles. The quantitative estimate of drug-likeness (QED) is 0.716. The highest BCUT2D eigenvalue weighted by atomic mass is 16.2. The molecular formula is C16H13N3O2. The minimum atomic E-state index is -0.626. The van der Waals surface area contributed by atoms with Crippen molar-refractivity contribution in [3.8, 4) is 11.1 Å². The molecule has 3 aromatic rings. The van der Waals surface area contributed by atoms with Crippen molar-refractivity contribution in [2.75, 3.05) is 11.1 Å². The third-order valence-electron chi connectivity index (χ3n) is 3.41. The zero-order valence-corrected chi connectivity index (χ0v) is 11.4. The predicted octanol–water partition coefficient (Wildman–Crippen LogP) is 1.98. The highest BCUT2D eigenvalue weighted by Gasteiger charge is 2.17. The van der Waals surface area contributed by atoms with Crippen LogP contribution in [0, 0.1) is 6.92 Å². The monoisotopic (exact) mass is 279 g/mol. The maximum Gasteiger partial charge on any atom is 0.253 e. The van der Waals surface area contributed by atoms with Crippen LogP contribution in [0.3, 0.4) is 0 Å². The van der Waals surface area contributed by atoms with E-state index >= 15 is 0 Å². The van der Waals surface area contributed by atoms with Gasteiger partial charge in [-0.05, 0) is 41.8 Å². The fourth-order valence-electron chi connectivity index (χ4n) is 2.24. The molecule has 5 nitrogen and oxygen atoms in total. The topological polar surface area (TPSA) is 85.1 Å². The Morgan fingerprint density at radius 2 is 1.95 bits per heavy atom. The second-order valence-electron chi connectivity index (χ2n) is 4.84. The molecule has 0 aliphatic heterocycles. The molecule has 0 fully saturated rings. The highest BCUT2D eigenvalue weighted by Crippen LogP contribution is 2.26. The van der Waals surface area contributed by atoms with Crippen LogP contribution in [0.25, 0.3) is 11.1 Å². The molecule has 0 unspecified atom stereocenters. The number of hydrogen-bond acceptors (Lipinski definition) is 5. The Morgan fingerprint density at radius 1 is 1.14 bits per heavy atom. The van der Waals surface area contributed by atoms with Crippen LogP contribution in [0.2, 0.25) is 0 Å². The Hall–Kier alpha value is -2.95. The highest BCUT2D eigenvalue weighted by molar-refractivity contribution is 5.79. The van der Waals surface area contributed by atoms with Crippen molar-refractivity contribution in [2.45, 2.75) is 6.92 Å². The SMILES string of the molecule is Cc1cnccc1-c1cccc(Nc2c(N)c(=O)c2=O)c1. The van der Waals surface area contributed by atoms with E-state index in [0.717, 1.165) is 16.7 Å². The van der Waals surface area contributed by atoms with Gasteiger partial charge in [-0.3, -0.25) is 14.6 Å². The van der Waals surface area contributed by atoms with E-state index in [9.17, 15) is 9.59 Å². The molecule has 0 atom stereocenters. The largest absolute Gasteiger partial charge is 0.394 e. The van der Waals surface area contributed by atoms with Crippen molar-refractivity contribution in [1.29, 1.82) is 0 Å². The molecular weight excluding hydrogens is 266 g/mol. The van der Waals surface area contributed by atoms with Gasteiger partial charge in [0.2, 0.25) is 0 Å². The summed E-state index contributed by atoms with van der Waals surface area (Å²) in [5.74, 6) is 0. The van der Waals surface area contributed by atoms with Gasteiger partial charge in [-0.1, -0.05) is 12.1 Å². The lowest BCUT2D eigenvalue weighted by atomic mass is 10.0. The first-order chi connectivity index (χ1) is 10.1. The predicted molar refractivity (Wildman–Crippen MR) is 83.5 cm³/mol. The number of nitrogens with zero attached hydrogens (tertiary/aromatic N) is 1. The van der Waals surface area contributed by atoms with Crippen LogP contribution in [0.15, 0.2) is 52.3 Å². The summed E-state index contributed by atoms with van der Waals surface area (Å²) in [6.07, 6.45) is 3.53. The van der Waals surface area contributed by atoms with Crippen molar-refractivity contribution in [3.63, 3.8) is 0 Å². The summed E-state index contributed by atoms with van der Waals surface area (Å²) in [4.78, 5) is 26.6. The molecule has 5 heteroatoms. The van der Waals surface area contributed by atoms with E-state index in [0.29, 0.717) is 5.69 Å². The molecule has 1 heterocycles. The van der Waals surface area contributed by atoms with Gasteiger partial charge in [-0.15, -0.1) is 0 Å². The molecule has 0 saturated heterocycles. The normalized spacial score (nSPS) is 10.7. The first kappa shape index (κ1) is 13.1. The van der Waals surface area contributed by atoms with Crippen LogP contribution in [-0.4, -0.2) is 4.98 Å². The van der Waals surface area contributed by atoms with Crippen LogP contribution in [-0.2, 0) is 0 Å². The lowest BCUT2D eigenvalue weighted by molar-refractivity contribution is 1.27. The van der Waals surface area contributed by atoms with E-state index in [1.165, 1.54) is 0 Å². The number of hydrogen-bond donors (Lipinski definition) is 2. The number of benzene rings is 1. The minimum Gasteiger partial charge on any atom is -0.394 e. The molecule has 0 amide bonds. The Labute approximate surface area is 120 Å². The standard InChI is InChI=1S/C16H13N3O2/c1-9-8-18-6-5-12(9)10-3-2-4-11(7-10)19-14-13(17)15(20)16(14)21/h2-8,19H,17H2,1H3. The maximum absolute atomic E-state index is 11.4. The minimum absolute atomic E-state index is 0.00880. The summed E-state index contributed by atoms with van der Waals surface area (Å²) in [6, 6.07) is 9.49. The van der Waals surface area contributed by atoms with Crippen molar-refractivity contribution >= 4 is 17.1 Å². The van der Waals surface area contributed by atoms with E-state index < -0.39 is 10.9 Å². The van der Waals surface area contributed by atoms with Gasteiger partial charge in [-0.2, -0.15) is 0 Å². The number of aryl methyl sites for hydroxylation is 1. The molecule has 0 aliphatic carbocycles. The van der Waals surface area contributed by atoms with Gasteiger partial charge < -0.3 is 11.1 Å². The Balaban J connectivity index is 1.97. The summed E-state index contributed by atoms with van der Waals surface area (Å²) in [5, 5.41) is 2.91. The van der Waals surface area contributed by atoms with Gasteiger partial charge in [0, 0.05) is 18.1 Å². The van der Waals surface area contributed by atoms with Crippen LogP contribution in [0.5, 0.6) is 0 Å². The number of nitrogens with two attached hydrogens (primary N) is 1. The molecule has 21 heavy (non-hydrogen) atoms. The number of rotatable bonds is 3. The number of nitrogen functional groups attached to an aromatic ring is 1. The van der Waals surface area contributed by atoms with E-state index in [2.05, 4.69) is 10.3 Å². The summed E-state index contributed by atoms with van der Waals surface area (Å²) in [6.45, 7) is 1.98. The third kappa shape index (κ3) is 2.18. The summed E-state index contributed by atoms with van der Waals surface area (Å²) >= 11 is 0. The molecule has 2 aromatic carbocycles. The first-order valence-corrected chi connectivity index (χ1v) is 6.45. The number of pyridine rings is 1. The van der Waals surface area contributed by atoms with E-state index in [4.69, 9.17) is 5.73 Å². The molecule has 1 aromatic heterocycles. The van der Waals surface area contributed by atoms with Crippen LogP contribution in [0.4, 0.5) is 17.1 Å². The molecule has 0 bridgehead atoms. The van der Waals surface area contributed by atoms with Crippen molar-refractivity contribution in [3.05, 3.63) is 68.7 Å². The molecule has 3 N–H and O–H groups in total. The van der Waals surface area contributed by atoms with Gasteiger partial charge in [0.05, 0.1) is 0 Å². The zero-order chi connectivity index (χ0) is 15.0. The Morgan fingerprint density at radius 3 is 2.67 bits per heavy atom. The van der Waals surface area contributed by atoms with E-state index in [1.807, 2.05) is 37.3 Å². The zero-order valence-electron chi connectivity index (χ0n) is 11.4. The smallest absolute Gasteiger partial charge is 0.253 e. The average molecular weight is 279 g/mol.